The highest BCUT2D eigenvalue weighted by Gasteiger charge is 2.62. The van der Waals surface area contributed by atoms with E-state index in [1.165, 1.54) is 0 Å². The van der Waals surface area contributed by atoms with E-state index in [1.54, 1.807) is 0 Å². The summed E-state index contributed by atoms with van der Waals surface area (Å²) in [5.74, 6) is -0.267. The van der Waals surface area contributed by atoms with Gasteiger partial charge in [-0.3, -0.25) is 9.59 Å². The van der Waals surface area contributed by atoms with Crippen molar-refractivity contribution in [2.75, 3.05) is 6.61 Å². The number of carbonyl (C=O) groups excluding carboxylic acids is 2. The smallest absolute Gasteiger partial charge is 0.321 e. The minimum Gasteiger partial charge on any atom is -0.460 e. The molecule has 2 fully saturated rings. The van der Waals surface area contributed by atoms with E-state index in [4.69, 9.17) is 9.47 Å². The van der Waals surface area contributed by atoms with Gasteiger partial charge in [0.25, 0.3) is 0 Å². The molecule has 1 aromatic rings. The lowest BCUT2D eigenvalue weighted by atomic mass is 9.71. The van der Waals surface area contributed by atoms with Crippen LogP contribution in [0.5, 0.6) is 0 Å². The normalized spacial score (nSPS) is 30.4. The molecule has 1 aliphatic carbocycles. The SMILES string of the molecule is O=C1CC[C@@H]2OC(=O)[C@@]1(CCCOCc1ccccc1)[C@H]2I. The molecule has 0 spiro atoms. The summed E-state index contributed by atoms with van der Waals surface area (Å²) < 4.78 is 11.0. The van der Waals surface area contributed by atoms with Crippen LogP contribution in [0, 0.1) is 5.41 Å². The molecule has 1 aromatic carbocycles. The molecule has 5 heteroatoms. The minimum atomic E-state index is -0.917. The van der Waals surface area contributed by atoms with Gasteiger partial charge in [-0.15, -0.1) is 0 Å². The average molecular weight is 414 g/mol. The number of ketones is 1. The van der Waals surface area contributed by atoms with Crippen molar-refractivity contribution >= 4 is 34.3 Å². The Balaban J connectivity index is 1.52. The predicted molar refractivity (Wildman–Crippen MR) is 89.7 cm³/mol. The van der Waals surface area contributed by atoms with Crippen LogP contribution >= 0.6 is 22.6 Å². The van der Waals surface area contributed by atoms with Crippen LogP contribution in [0.25, 0.3) is 0 Å². The Morgan fingerprint density at radius 1 is 1.27 bits per heavy atom. The lowest BCUT2D eigenvalue weighted by Gasteiger charge is -2.31. The molecule has 1 saturated heterocycles. The summed E-state index contributed by atoms with van der Waals surface area (Å²) >= 11 is 2.22. The first-order valence-electron chi connectivity index (χ1n) is 7.65. The molecule has 2 aliphatic rings. The van der Waals surface area contributed by atoms with E-state index in [0.717, 1.165) is 5.56 Å². The van der Waals surface area contributed by atoms with Crippen molar-refractivity contribution in [2.45, 2.75) is 42.3 Å². The van der Waals surface area contributed by atoms with Crippen LogP contribution in [0.3, 0.4) is 0 Å². The topological polar surface area (TPSA) is 52.6 Å². The molecular weight excluding hydrogens is 395 g/mol. The van der Waals surface area contributed by atoms with Crippen molar-refractivity contribution in [1.29, 1.82) is 0 Å². The fourth-order valence-electron chi connectivity index (χ4n) is 3.30. The van der Waals surface area contributed by atoms with Gasteiger partial charge in [0.1, 0.15) is 11.5 Å². The molecule has 0 radical (unpaired) electrons. The zero-order valence-electron chi connectivity index (χ0n) is 12.3. The van der Waals surface area contributed by atoms with E-state index in [0.29, 0.717) is 38.9 Å². The fraction of sp³-hybridized carbons (Fsp3) is 0.529. The van der Waals surface area contributed by atoms with Gasteiger partial charge in [-0.25, -0.2) is 0 Å². The van der Waals surface area contributed by atoms with E-state index in [1.807, 2.05) is 30.3 Å². The van der Waals surface area contributed by atoms with E-state index >= 15 is 0 Å². The first-order valence-corrected chi connectivity index (χ1v) is 8.89. The Morgan fingerprint density at radius 3 is 2.82 bits per heavy atom. The third kappa shape index (κ3) is 2.80. The van der Waals surface area contributed by atoms with E-state index in [-0.39, 0.29) is 21.8 Å². The number of alkyl halides is 1. The Kier molecular flexibility index (Phi) is 4.82. The number of ether oxygens (including phenoxy) is 2. The van der Waals surface area contributed by atoms with Crippen LogP contribution in [-0.4, -0.2) is 28.4 Å². The highest BCUT2D eigenvalue weighted by molar-refractivity contribution is 14.1. The number of hydrogen-bond acceptors (Lipinski definition) is 4. The highest BCUT2D eigenvalue weighted by Crippen LogP contribution is 2.49. The largest absolute Gasteiger partial charge is 0.460 e. The maximum Gasteiger partial charge on any atom is 0.321 e. The van der Waals surface area contributed by atoms with Gasteiger partial charge in [0, 0.05) is 13.0 Å². The zero-order chi connectivity index (χ0) is 15.6. The highest BCUT2D eigenvalue weighted by atomic mass is 127. The van der Waals surface area contributed by atoms with Crippen LogP contribution in [-0.2, 0) is 25.7 Å². The molecule has 3 rings (SSSR count). The van der Waals surface area contributed by atoms with Crippen molar-refractivity contribution in [2.24, 2.45) is 5.41 Å². The number of rotatable bonds is 6. The van der Waals surface area contributed by atoms with Crippen molar-refractivity contribution < 1.29 is 19.1 Å². The van der Waals surface area contributed by atoms with Gasteiger partial charge in [-0.2, -0.15) is 0 Å². The first kappa shape index (κ1) is 15.9. The van der Waals surface area contributed by atoms with E-state index in [2.05, 4.69) is 22.6 Å². The Labute approximate surface area is 143 Å². The molecular formula is C17H19IO4. The number of carbonyl (C=O) groups is 2. The van der Waals surface area contributed by atoms with Crippen LogP contribution < -0.4 is 0 Å². The molecule has 118 valence electrons. The second-order valence-electron chi connectivity index (χ2n) is 5.92. The van der Waals surface area contributed by atoms with Gasteiger partial charge in [0.2, 0.25) is 0 Å². The zero-order valence-corrected chi connectivity index (χ0v) is 14.5. The van der Waals surface area contributed by atoms with Gasteiger partial charge < -0.3 is 9.47 Å². The number of esters is 1. The summed E-state index contributed by atoms with van der Waals surface area (Å²) in [7, 11) is 0. The second-order valence-corrected chi connectivity index (χ2v) is 7.26. The fourth-order valence-corrected chi connectivity index (χ4v) is 4.72. The summed E-state index contributed by atoms with van der Waals surface area (Å²) in [6, 6.07) is 9.97. The number of halogens is 1. The van der Waals surface area contributed by atoms with Gasteiger partial charge in [-0.05, 0) is 24.8 Å². The minimum absolute atomic E-state index is 0.0343. The van der Waals surface area contributed by atoms with Gasteiger partial charge in [0.05, 0.1) is 10.5 Å². The Morgan fingerprint density at radius 2 is 2.05 bits per heavy atom. The molecule has 1 heterocycles. The summed E-state index contributed by atoms with van der Waals surface area (Å²) in [5, 5.41) is 0. The number of hydrogen-bond donors (Lipinski definition) is 0. The lowest BCUT2D eigenvalue weighted by molar-refractivity contribution is -0.151. The molecule has 0 aromatic heterocycles. The maximum atomic E-state index is 12.3. The summed E-state index contributed by atoms with van der Waals surface area (Å²) in [6.07, 6.45) is 2.27. The summed E-state index contributed by atoms with van der Waals surface area (Å²) in [4.78, 5) is 24.5. The van der Waals surface area contributed by atoms with E-state index in [9.17, 15) is 9.59 Å². The quantitative estimate of drug-likeness (QED) is 0.236. The molecule has 3 atom stereocenters. The van der Waals surface area contributed by atoms with Crippen molar-refractivity contribution in [3.05, 3.63) is 35.9 Å². The Bertz CT molecular complexity index is 549. The maximum absolute atomic E-state index is 12.3. The van der Waals surface area contributed by atoms with Gasteiger partial charge in [-0.1, -0.05) is 52.9 Å². The van der Waals surface area contributed by atoms with Crippen molar-refractivity contribution in [3.8, 4) is 0 Å². The molecule has 0 N–H and O–H groups in total. The number of fused-ring (bicyclic) bond motifs is 2. The van der Waals surface area contributed by atoms with Crippen LogP contribution in [0.1, 0.15) is 31.2 Å². The predicted octanol–water partition coefficient (Wildman–Crippen LogP) is 3.06. The summed E-state index contributed by atoms with van der Waals surface area (Å²) in [6.45, 7) is 1.10. The third-order valence-electron chi connectivity index (χ3n) is 4.54. The lowest BCUT2D eigenvalue weighted by Crippen LogP contribution is -2.46. The molecule has 4 nitrogen and oxygen atoms in total. The van der Waals surface area contributed by atoms with Gasteiger partial charge >= 0.3 is 5.97 Å². The Hall–Kier alpha value is -0.950. The molecule has 2 bridgehead atoms. The number of benzene rings is 1. The second kappa shape index (κ2) is 6.66. The monoisotopic (exact) mass is 414 g/mol. The van der Waals surface area contributed by atoms with Crippen LogP contribution in [0.2, 0.25) is 0 Å². The average Bonchev–Trinajstić information content (AvgIpc) is 2.69. The van der Waals surface area contributed by atoms with E-state index < -0.39 is 5.41 Å². The van der Waals surface area contributed by atoms with Gasteiger partial charge in [0.15, 0.2) is 5.78 Å². The molecule has 1 saturated carbocycles. The van der Waals surface area contributed by atoms with Crippen molar-refractivity contribution in [3.63, 3.8) is 0 Å². The standard InChI is InChI=1S/C17H19IO4/c18-15-13-7-8-14(19)17(15,16(20)22-13)9-4-10-21-11-12-5-2-1-3-6-12/h1-3,5-6,13,15H,4,7-11H2/t13-,15-,17+/m0/s1. The molecule has 0 amide bonds. The van der Waals surface area contributed by atoms with Crippen LogP contribution in [0.4, 0.5) is 0 Å². The first-order chi connectivity index (χ1) is 10.6. The third-order valence-corrected chi connectivity index (χ3v) is 6.41. The van der Waals surface area contributed by atoms with Crippen molar-refractivity contribution in [1.82, 2.24) is 0 Å². The number of Topliss-reactive ketones (excluding diaryl/α,β-unsaturated/α-hetero) is 1. The summed E-state index contributed by atoms with van der Waals surface area (Å²) in [5.41, 5.74) is 0.209. The molecule has 0 unspecified atom stereocenters. The molecule has 1 aliphatic heterocycles. The molecule has 22 heavy (non-hydrogen) atoms. The van der Waals surface area contributed by atoms with Crippen LogP contribution in [0.15, 0.2) is 30.3 Å².